The van der Waals surface area contributed by atoms with Crippen molar-refractivity contribution in [2.45, 2.75) is 11.8 Å². The first-order valence-corrected chi connectivity index (χ1v) is 3.69. The lowest BCUT2D eigenvalue weighted by molar-refractivity contribution is 1.45. The standard InChI is InChI=1S/C9H10S/c1-2-4-8-5-3-6-9(10)7-8/h2-7,10H,1H3/b4-2+. The van der Waals surface area contributed by atoms with Crippen molar-refractivity contribution in [1.82, 2.24) is 0 Å². The summed E-state index contributed by atoms with van der Waals surface area (Å²) in [7, 11) is 0. The summed E-state index contributed by atoms with van der Waals surface area (Å²) in [6, 6.07) is 8.05. The van der Waals surface area contributed by atoms with Crippen molar-refractivity contribution in [3.05, 3.63) is 35.9 Å². The van der Waals surface area contributed by atoms with Crippen LogP contribution >= 0.6 is 12.6 Å². The Hall–Kier alpha value is -0.690. The lowest BCUT2D eigenvalue weighted by Crippen LogP contribution is -1.69. The minimum Gasteiger partial charge on any atom is -0.143 e. The first-order valence-electron chi connectivity index (χ1n) is 3.24. The molecule has 1 aromatic carbocycles. The van der Waals surface area contributed by atoms with Crippen molar-refractivity contribution >= 4 is 18.7 Å². The molecule has 0 heterocycles. The summed E-state index contributed by atoms with van der Waals surface area (Å²) in [6.45, 7) is 2.01. The van der Waals surface area contributed by atoms with Gasteiger partial charge in [0.05, 0.1) is 0 Å². The molecular formula is C9H10S. The van der Waals surface area contributed by atoms with Gasteiger partial charge in [0.2, 0.25) is 0 Å². The van der Waals surface area contributed by atoms with Crippen LogP contribution in [0, 0.1) is 0 Å². The van der Waals surface area contributed by atoms with Crippen LogP contribution in [-0.4, -0.2) is 0 Å². The van der Waals surface area contributed by atoms with Gasteiger partial charge in [-0.1, -0.05) is 24.3 Å². The molecular weight excluding hydrogens is 140 g/mol. The van der Waals surface area contributed by atoms with Gasteiger partial charge in [0.25, 0.3) is 0 Å². The molecule has 0 saturated carbocycles. The van der Waals surface area contributed by atoms with Crippen LogP contribution in [0.15, 0.2) is 35.2 Å². The average molecular weight is 150 g/mol. The van der Waals surface area contributed by atoms with E-state index in [1.807, 2.05) is 31.2 Å². The molecule has 0 atom stereocenters. The third-order valence-electron chi connectivity index (χ3n) is 1.23. The fourth-order valence-corrected chi connectivity index (χ4v) is 1.06. The predicted molar refractivity (Wildman–Crippen MR) is 48.4 cm³/mol. The van der Waals surface area contributed by atoms with Crippen LogP contribution in [0.4, 0.5) is 0 Å². The van der Waals surface area contributed by atoms with Crippen molar-refractivity contribution in [2.24, 2.45) is 0 Å². The van der Waals surface area contributed by atoms with Gasteiger partial charge in [0.15, 0.2) is 0 Å². The second-order valence-corrected chi connectivity index (χ2v) is 2.61. The van der Waals surface area contributed by atoms with Crippen molar-refractivity contribution in [1.29, 1.82) is 0 Å². The van der Waals surface area contributed by atoms with E-state index in [1.165, 1.54) is 5.56 Å². The Kier molecular flexibility index (Phi) is 2.57. The van der Waals surface area contributed by atoms with Crippen LogP contribution in [-0.2, 0) is 0 Å². The Morgan fingerprint density at radius 1 is 1.40 bits per heavy atom. The summed E-state index contributed by atoms with van der Waals surface area (Å²) >= 11 is 4.21. The van der Waals surface area contributed by atoms with Gasteiger partial charge < -0.3 is 0 Å². The molecule has 0 aromatic heterocycles. The molecule has 0 nitrogen and oxygen atoms in total. The minimum atomic E-state index is 1.01. The molecule has 0 aliphatic rings. The second kappa shape index (κ2) is 3.47. The van der Waals surface area contributed by atoms with Crippen molar-refractivity contribution in [3.63, 3.8) is 0 Å². The first-order chi connectivity index (χ1) is 4.83. The number of benzene rings is 1. The molecule has 1 aromatic rings. The van der Waals surface area contributed by atoms with Crippen LogP contribution in [0.2, 0.25) is 0 Å². The summed E-state index contributed by atoms with van der Waals surface area (Å²) in [6.07, 6.45) is 4.07. The van der Waals surface area contributed by atoms with E-state index in [4.69, 9.17) is 0 Å². The molecule has 1 heteroatoms. The minimum absolute atomic E-state index is 1.01. The lowest BCUT2D eigenvalue weighted by Gasteiger charge is -1.92. The molecule has 0 radical (unpaired) electrons. The van der Waals surface area contributed by atoms with Crippen molar-refractivity contribution in [3.8, 4) is 0 Å². The van der Waals surface area contributed by atoms with Crippen LogP contribution in [0.3, 0.4) is 0 Å². The molecule has 0 N–H and O–H groups in total. The molecule has 0 bridgehead atoms. The fraction of sp³-hybridized carbons (Fsp3) is 0.111. The number of thiol groups is 1. The highest BCUT2D eigenvalue weighted by atomic mass is 32.1. The van der Waals surface area contributed by atoms with Gasteiger partial charge in [0.1, 0.15) is 0 Å². The van der Waals surface area contributed by atoms with E-state index in [-0.39, 0.29) is 0 Å². The van der Waals surface area contributed by atoms with Gasteiger partial charge in [-0.05, 0) is 24.6 Å². The molecule has 0 unspecified atom stereocenters. The maximum Gasteiger partial charge on any atom is 0.00459 e. The third-order valence-corrected chi connectivity index (χ3v) is 1.51. The lowest BCUT2D eigenvalue weighted by atomic mass is 10.2. The van der Waals surface area contributed by atoms with Crippen LogP contribution in [0.5, 0.6) is 0 Å². The zero-order valence-electron chi connectivity index (χ0n) is 5.91. The van der Waals surface area contributed by atoms with Gasteiger partial charge in [0, 0.05) is 4.90 Å². The van der Waals surface area contributed by atoms with Gasteiger partial charge in [-0.25, -0.2) is 0 Å². The Morgan fingerprint density at radius 3 is 2.80 bits per heavy atom. The van der Waals surface area contributed by atoms with Crippen LogP contribution in [0.25, 0.3) is 6.08 Å². The largest absolute Gasteiger partial charge is 0.143 e. The van der Waals surface area contributed by atoms with Gasteiger partial charge in [-0.15, -0.1) is 12.6 Å². The van der Waals surface area contributed by atoms with Crippen molar-refractivity contribution in [2.75, 3.05) is 0 Å². The Balaban J connectivity index is 2.95. The number of rotatable bonds is 1. The maximum absolute atomic E-state index is 4.21. The Labute approximate surface area is 67.0 Å². The predicted octanol–water partition coefficient (Wildman–Crippen LogP) is 3.01. The zero-order valence-corrected chi connectivity index (χ0v) is 6.81. The monoisotopic (exact) mass is 150 g/mol. The van der Waals surface area contributed by atoms with E-state index in [0.29, 0.717) is 0 Å². The second-order valence-electron chi connectivity index (χ2n) is 2.09. The van der Waals surface area contributed by atoms with E-state index in [9.17, 15) is 0 Å². The summed E-state index contributed by atoms with van der Waals surface area (Å²) < 4.78 is 0. The number of allylic oxidation sites excluding steroid dienone is 1. The first kappa shape index (κ1) is 7.42. The summed E-state index contributed by atoms with van der Waals surface area (Å²) in [5.74, 6) is 0. The van der Waals surface area contributed by atoms with Gasteiger partial charge in [-0.3, -0.25) is 0 Å². The van der Waals surface area contributed by atoms with E-state index in [2.05, 4.69) is 24.8 Å². The maximum atomic E-state index is 4.21. The molecule has 0 spiro atoms. The van der Waals surface area contributed by atoms with Crippen LogP contribution in [0.1, 0.15) is 12.5 Å². The molecule has 0 amide bonds. The topological polar surface area (TPSA) is 0 Å². The van der Waals surface area contributed by atoms with E-state index in [1.54, 1.807) is 0 Å². The zero-order chi connectivity index (χ0) is 7.40. The smallest absolute Gasteiger partial charge is 0.00459 e. The molecule has 0 aliphatic carbocycles. The van der Waals surface area contributed by atoms with Gasteiger partial charge >= 0.3 is 0 Å². The quantitative estimate of drug-likeness (QED) is 0.584. The van der Waals surface area contributed by atoms with E-state index in [0.717, 1.165) is 4.90 Å². The molecule has 10 heavy (non-hydrogen) atoms. The summed E-state index contributed by atoms with van der Waals surface area (Å²) in [5.41, 5.74) is 1.20. The Bertz CT molecular complexity index is 238. The summed E-state index contributed by atoms with van der Waals surface area (Å²) in [5, 5.41) is 0. The highest BCUT2D eigenvalue weighted by Gasteiger charge is 1.84. The SMILES string of the molecule is C/C=C/c1cccc(S)c1. The highest BCUT2D eigenvalue weighted by Crippen LogP contribution is 2.09. The average Bonchev–Trinajstić information content (AvgIpc) is 1.88. The number of hydrogen-bond acceptors (Lipinski definition) is 1. The number of hydrogen-bond donors (Lipinski definition) is 1. The normalized spacial score (nSPS) is 10.6. The molecule has 0 aliphatic heterocycles. The van der Waals surface area contributed by atoms with Crippen LogP contribution < -0.4 is 0 Å². The molecule has 1 rings (SSSR count). The summed E-state index contributed by atoms with van der Waals surface area (Å²) in [4.78, 5) is 1.01. The third kappa shape index (κ3) is 1.92. The van der Waals surface area contributed by atoms with Crippen molar-refractivity contribution < 1.29 is 0 Å². The van der Waals surface area contributed by atoms with E-state index < -0.39 is 0 Å². The molecule has 52 valence electrons. The fourth-order valence-electron chi connectivity index (χ4n) is 0.821. The highest BCUT2D eigenvalue weighted by molar-refractivity contribution is 7.80. The van der Waals surface area contributed by atoms with Gasteiger partial charge in [-0.2, -0.15) is 0 Å². The van der Waals surface area contributed by atoms with E-state index >= 15 is 0 Å². The Morgan fingerprint density at radius 2 is 2.20 bits per heavy atom. The molecule has 0 saturated heterocycles. The molecule has 0 fully saturated rings.